The van der Waals surface area contributed by atoms with Crippen molar-refractivity contribution in [2.45, 2.75) is 25.0 Å². The highest BCUT2D eigenvalue weighted by Crippen LogP contribution is 2.21. The van der Waals surface area contributed by atoms with Gasteiger partial charge in [0.2, 0.25) is 11.8 Å². The van der Waals surface area contributed by atoms with Crippen LogP contribution in [0.25, 0.3) is 0 Å². The van der Waals surface area contributed by atoms with Gasteiger partial charge in [-0.25, -0.2) is 0 Å². The topological polar surface area (TPSA) is 49.9 Å². The van der Waals surface area contributed by atoms with Crippen LogP contribution in [0.2, 0.25) is 0 Å². The molecule has 0 N–H and O–H groups in total. The summed E-state index contributed by atoms with van der Waals surface area (Å²) < 4.78 is 5.32. The lowest BCUT2D eigenvalue weighted by molar-refractivity contribution is -0.143. The van der Waals surface area contributed by atoms with Crippen LogP contribution in [0.4, 0.5) is 0 Å². The van der Waals surface area contributed by atoms with E-state index in [9.17, 15) is 9.59 Å². The van der Waals surface area contributed by atoms with Gasteiger partial charge in [0.15, 0.2) is 0 Å². The molecule has 1 atom stereocenters. The number of hydrogen-bond acceptors (Lipinski definition) is 4. The third-order valence-corrected chi connectivity index (χ3v) is 6.05. The van der Waals surface area contributed by atoms with Crippen molar-refractivity contribution < 1.29 is 14.3 Å². The Hall–Kier alpha value is -1.53. The third kappa shape index (κ3) is 5.48. The predicted molar refractivity (Wildman–Crippen MR) is 104 cm³/mol. The Bertz CT molecular complexity index is 590. The van der Waals surface area contributed by atoms with Gasteiger partial charge in [-0.1, -0.05) is 30.3 Å². The van der Waals surface area contributed by atoms with Crippen LogP contribution in [0.15, 0.2) is 30.3 Å². The van der Waals surface area contributed by atoms with Crippen LogP contribution in [0.3, 0.4) is 0 Å². The summed E-state index contributed by atoms with van der Waals surface area (Å²) in [5.74, 6) is 2.11. The second kappa shape index (κ2) is 9.97. The van der Waals surface area contributed by atoms with Gasteiger partial charge in [0.1, 0.15) is 0 Å². The zero-order chi connectivity index (χ0) is 18.2. The maximum Gasteiger partial charge on any atom is 0.227 e. The molecule has 2 fully saturated rings. The van der Waals surface area contributed by atoms with E-state index in [1.165, 1.54) is 5.56 Å². The molecule has 2 heterocycles. The molecule has 2 amide bonds. The number of rotatable bonds is 6. The quantitative estimate of drug-likeness (QED) is 0.716. The van der Waals surface area contributed by atoms with E-state index in [1.54, 1.807) is 11.8 Å². The number of nitrogens with zero attached hydrogens (tertiary/aromatic N) is 2. The molecule has 2 aliphatic heterocycles. The zero-order valence-corrected chi connectivity index (χ0v) is 16.1. The molecule has 0 bridgehead atoms. The number of ether oxygens (including phenoxy) is 1. The van der Waals surface area contributed by atoms with Crippen molar-refractivity contribution in [2.24, 2.45) is 5.92 Å². The summed E-state index contributed by atoms with van der Waals surface area (Å²) in [4.78, 5) is 29.0. The highest BCUT2D eigenvalue weighted by Gasteiger charge is 2.31. The van der Waals surface area contributed by atoms with Gasteiger partial charge in [-0.2, -0.15) is 11.8 Å². The number of carbonyl (C=O) groups excluding carboxylic acids is 2. The lowest BCUT2D eigenvalue weighted by Gasteiger charge is -2.36. The van der Waals surface area contributed by atoms with Crippen LogP contribution in [-0.4, -0.2) is 66.8 Å². The van der Waals surface area contributed by atoms with Crippen LogP contribution in [0.5, 0.6) is 0 Å². The maximum atomic E-state index is 12.7. The SMILES string of the molecule is O=C(CCSCc1ccccc1)N1CCCC(C(=O)N2CCOCC2)C1. The van der Waals surface area contributed by atoms with Crippen LogP contribution in [0, 0.1) is 5.92 Å². The average Bonchev–Trinajstić information content (AvgIpc) is 2.72. The number of morpholine rings is 1. The highest BCUT2D eigenvalue weighted by atomic mass is 32.2. The highest BCUT2D eigenvalue weighted by molar-refractivity contribution is 7.98. The van der Waals surface area contributed by atoms with Gasteiger partial charge in [-0.3, -0.25) is 9.59 Å². The van der Waals surface area contributed by atoms with Crippen molar-refractivity contribution in [3.05, 3.63) is 35.9 Å². The van der Waals surface area contributed by atoms with Gasteiger partial charge in [0.05, 0.1) is 19.1 Å². The summed E-state index contributed by atoms with van der Waals surface area (Å²) in [5.41, 5.74) is 1.29. The molecule has 6 heteroatoms. The molecule has 26 heavy (non-hydrogen) atoms. The van der Waals surface area contributed by atoms with Crippen molar-refractivity contribution in [3.63, 3.8) is 0 Å². The number of thioether (sulfide) groups is 1. The zero-order valence-electron chi connectivity index (χ0n) is 15.3. The lowest BCUT2D eigenvalue weighted by Crippen LogP contribution is -2.49. The smallest absolute Gasteiger partial charge is 0.227 e. The Morgan fingerprint density at radius 1 is 1.08 bits per heavy atom. The first-order chi connectivity index (χ1) is 12.7. The monoisotopic (exact) mass is 376 g/mol. The summed E-state index contributed by atoms with van der Waals surface area (Å²) in [5, 5.41) is 0. The van der Waals surface area contributed by atoms with Crippen LogP contribution >= 0.6 is 11.8 Å². The first kappa shape index (κ1) is 19.2. The summed E-state index contributed by atoms with van der Waals surface area (Å²) in [7, 11) is 0. The third-order valence-electron chi connectivity index (χ3n) is 5.02. The van der Waals surface area contributed by atoms with E-state index < -0.39 is 0 Å². The molecule has 0 aliphatic carbocycles. The number of amides is 2. The van der Waals surface area contributed by atoms with E-state index in [4.69, 9.17) is 4.74 Å². The van der Waals surface area contributed by atoms with Crippen LogP contribution < -0.4 is 0 Å². The van der Waals surface area contributed by atoms with Crippen LogP contribution in [-0.2, 0) is 20.1 Å². The van der Waals surface area contributed by atoms with E-state index >= 15 is 0 Å². The van der Waals surface area contributed by atoms with Crippen molar-refractivity contribution >= 4 is 23.6 Å². The Balaban J connectivity index is 1.40. The van der Waals surface area contributed by atoms with Gasteiger partial charge in [-0.15, -0.1) is 0 Å². The van der Waals surface area contributed by atoms with Gasteiger partial charge < -0.3 is 14.5 Å². The Labute approximate surface area is 160 Å². The first-order valence-corrected chi connectivity index (χ1v) is 10.7. The molecule has 1 aromatic rings. The predicted octanol–water partition coefficient (Wildman–Crippen LogP) is 2.41. The van der Waals surface area contributed by atoms with Crippen LogP contribution in [0.1, 0.15) is 24.8 Å². The van der Waals surface area contributed by atoms with Crippen molar-refractivity contribution in [1.29, 1.82) is 0 Å². The van der Waals surface area contributed by atoms with Gasteiger partial charge in [0.25, 0.3) is 0 Å². The molecule has 3 rings (SSSR count). The number of piperidine rings is 1. The molecule has 1 unspecified atom stereocenters. The molecule has 0 spiro atoms. The molecule has 142 valence electrons. The van der Waals surface area contributed by atoms with Gasteiger partial charge in [-0.05, 0) is 18.4 Å². The molecular formula is C20H28N2O3S. The summed E-state index contributed by atoms with van der Waals surface area (Å²) >= 11 is 1.79. The second-order valence-electron chi connectivity index (χ2n) is 6.90. The van der Waals surface area contributed by atoms with E-state index in [2.05, 4.69) is 12.1 Å². The van der Waals surface area contributed by atoms with Gasteiger partial charge in [0, 0.05) is 44.1 Å². The molecule has 0 saturated carbocycles. The number of benzene rings is 1. The standard InChI is InChI=1S/C20H28N2O3S/c23-19(8-14-26-16-17-5-2-1-3-6-17)22-9-4-7-18(15-22)20(24)21-10-12-25-13-11-21/h1-3,5-6,18H,4,7-16H2. The Kier molecular flexibility index (Phi) is 7.38. The fourth-order valence-electron chi connectivity index (χ4n) is 3.53. The second-order valence-corrected chi connectivity index (χ2v) is 8.01. The minimum Gasteiger partial charge on any atom is -0.378 e. The first-order valence-electron chi connectivity index (χ1n) is 9.50. The largest absolute Gasteiger partial charge is 0.378 e. The fourth-order valence-corrected chi connectivity index (χ4v) is 4.42. The average molecular weight is 377 g/mol. The molecular weight excluding hydrogens is 348 g/mol. The number of likely N-dealkylation sites (tertiary alicyclic amines) is 1. The normalized spacial score (nSPS) is 20.8. The Morgan fingerprint density at radius 3 is 2.62 bits per heavy atom. The molecule has 5 nitrogen and oxygen atoms in total. The fraction of sp³-hybridized carbons (Fsp3) is 0.600. The number of carbonyl (C=O) groups is 2. The summed E-state index contributed by atoms with van der Waals surface area (Å²) in [6, 6.07) is 10.3. The van der Waals surface area contributed by atoms with E-state index in [1.807, 2.05) is 28.0 Å². The van der Waals surface area contributed by atoms with E-state index in [-0.39, 0.29) is 17.7 Å². The number of hydrogen-bond donors (Lipinski definition) is 0. The molecule has 2 aliphatic rings. The molecule has 0 aromatic heterocycles. The minimum atomic E-state index is -0.0391. The van der Waals surface area contributed by atoms with Crippen molar-refractivity contribution in [3.8, 4) is 0 Å². The van der Waals surface area contributed by atoms with E-state index in [0.29, 0.717) is 39.3 Å². The van der Waals surface area contributed by atoms with Crippen molar-refractivity contribution in [2.75, 3.05) is 45.1 Å². The minimum absolute atomic E-state index is 0.0391. The molecule has 2 saturated heterocycles. The maximum absolute atomic E-state index is 12.7. The van der Waals surface area contributed by atoms with Gasteiger partial charge >= 0.3 is 0 Å². The molecule has 0 radical (unpaired) electrons. The summed E-state index contributed by atoms with van der Waals surface area (Å²) in [6.07, 6.45) is 2.36. The summed E-state index contributed by atoms with van der Waals surface area (Å²) in [6.45, 7) is 3.98. The van der Waals surface area contributed by atoms with Crippen molar-refractivity contribution in [1.82, 2.24) is 9.80 Å². The Morgan fingerprint density at radius 2 is 1.85 bits per heavy atom. The molecule has 1 aromatic carbocycles. The lowest BCUT2D eigenvalue weighted by atomic mass is 9.96. The van der Waals surface area contributed by atoms with E-state index in [0.717, 1.165) is 30.9 Å².